The Balaban J connectivity index is 2.56. The van der Waals surface area contributed by atoms with Gasteiger partial charge >= 0.3 is 0 Å². The van der Waals surface area contributed by atoms with Crippen molar-refractivity contribution in [3.63, 3.8) is 0 Å². The first-order valence-electron chi connectivity index (χ1n) is 5.42. The SMILES string of the molecule is COc1cccc2c1CC[C@H](O)C2(C)C. The predicted octanol–water partition coefficient (Wildman–Crippen LogP) is 2.28. The molecular formula is C13H18O2. The number of aliphatic hydroxyl groups excluding tert-OH is 1. The second kappa shape index (κ2) is 3.53. The molecule has 2 rings (SSSR count). The number of methoxy groups -OCH3 is 1. The van der Waals surface area contributed by atoms with Gasteiger partial charge in [-0.2, -0.15) is 0 Å². The van der Waals surface area contributed by atoms with Crippen molar-refractivity contribution < 1.29 is 9.84 Å². The first kappa shape index (κ1) is 10.5. The lowest BCUT2D eigenvalue weighted by Crippen LogP contribution is -2.38. The summed E-state index contributed by atoms with van der Waals surface area (Å²) >= 11 is 0. The first-order chi connectivity index (χ1) is 7.07. The molecule has 1 atom stereocenters. The van der Waals surface area contributed by atoms with Gasteiger partial charge in [0.05, 0.1) is 13.2 Å². The van der Waals surface area contributed by atoms with Crippen LogP contribution in [0.4, 0.5) is 0 Å². The average molecular weight is 206 g/mol. The van der Waals surface area contributed by atoms with E-state index in [1.54, 1.807) is 7.11 Å². The summed E-state index contributed by atoms with van der Waals surface area (Å²) < 4.78 is 5.36. The molecule has 0 amide bonds. The minimum atomic E-state index is -0.253. The Morgan fingerprint density at radius 3 is 2.80 bits per heavy atom. The zero-order valence-electron chi connectivity index (χ0n) is 9.58. The van der Waals surface area contributed by atoms with Crippen molar-refractivity contribution in [2.45, 2.75) is 38.2 Å². The van der Waals surface area contributed by atoms with Crippen molar-refractivity contribution in [2.24, 2.45) is 0 Å². The van der Waals surface area contributed by atoms with Crippen LogP contribution >= 0.6 is 0 Å². The molecule has 1 N–H and O–H groups in total. The number of ether oxygens (including phenoxy) is 1. The summed E-state index contributed by atoms with van der Waals surface area (Å²) in [6.07, 6.45) is 1.47. The van der Waals surface area contributed by atoms with Crippen LogP contribution in [0.25, 0.3) is 0 Å². The molecule has 0 radical (unpaired) electrons. The number of hydrogen-bond donors (Lipinski definition) is 1. The Morgan fingerprint density at radius 2 is 2.13 bits per heavy atom. The molecule has 0 spiro atoms. The van der Waals surface area contributed by atoms with Crippen LogP contribution in [0.5, 0.6) is 5.75 Å². The Bertz CT molecular complexity index is 369. The van der Waals surface area contributed by atoms with Crippen molar-refractivity contribution in [3.05, 3.63) is 29.3 Å². The lowest BCUT2D eigenvalue weighted by atomic mass is 9.70. The molecule has 2 nitrogen and oxygen atoms in total. The lowest BCUT2D eigenvalue weighted by molar-refractivity contribution is 0.0825. The lowest BCUT2D eigenvalue weighted by Gasteiger charge is -2.37. The van der Waals surface area contributed by atoms with Gasteiger partial charge in [-0.1, -0.05) is 26.0 Å². The van der Waals surface area contributed by atoms with Gasteiger partial charge in [0.2, 0.25) is 0 Å². The fourth-order valence-electron chi connectivity index (χ4n) is 2.44. The van der Waals surface area contributed by atoms with Gasteiger partial charge in [-0.15, -0.1) is 0 Å². The molecule has 1 aromatic rings. The molecule has 0 bridgehead atoms. The number of fused-ring (bicyclic) bond motifs is 1. The summed E-state index contributed by atoms with van der Waals surface area (Å²) in [6.45, 7) is 4.18. The van der Waals surface area contributed by atoms with E-state index < -0.39 is 0 Å². The van der Waals surface area contributed by atoms with Gasteiger partial charge in [0, 0.05) is 5.41 Å². The summed E-state index contributed by atoms with van der Waals surface area (Å²) in [7, 11) is 1.70. The van der Waals surface area contributed by atoms with E-state index in [1.807, 2.05) is 12.1 Å². The van der Waals surface area contributed by atoms with Gasteiger partial charge in [-0.3, -0.25) is 0 Å². The van der Waals surface area contributed by atoms with Crippen molar-refractivity contribution in [2.75, 3.05) is 7.11 Å². The molecule has 1 aliphatic carbocycles. The van der Waals surface area contributed by atoms with Crippen molar-refractivity contribution >= 4 is 0 Å². The van der Waals surface area contributed by atoms with Gasteiger partial charge in [-0.25, -0.2) is 0 Å². The van der Waals surface area contributed by atoms with E-state index in [4.69, 9.17) is 4.74 Å². The zero-order chi connectivity index (χ0) is 11.1. The molecule has 0 heterocycles. The largest absolute Gasteiger partial charge is 0.496 e. The van der Waals surface area contributed by atoms with Gasteiger partial charge in [0.15, 0.2) is 0 Å². The van der Waals surface area contributed by atoms with Crippen molar-refractivity contribution in [1.29, 1.82) is 0 Å². The molecule has 0 saturated heterocycles. The van der Waals surface area contributed by atoms with Crippen LogP contribution in [0.15, 0.2) is 18.2 Å². The van der Waals surface area contributed by atoms with E-state index in [9.17, 15) is 5.11 Å². The van der Waals surface area contributed by atoms with E-state index in [2.05, 4.69) is 19.9 Å². The summed E-state index contributed by atoms with van der Waals surface area (Å²) in [5, 5.41) is 10.0. The maximum absolute atomic E-state index is 10.0. The van der Waals surface area contributed by atoms with Crippen LogP contribution in [0, 0.1) is 0 Å². The second-order valence-corrected chi connectivity index (χ2v) is 4.76. The maximum atomic E-state index is 10.0. The highest BCUT2D eigenvalue weighted by atomic mass is 16.5. The van der Waals surface area contributed by atoms with Gasteiger partial charge in [0.1, 0.15) is 5.75 Å². The average Bonchev–Trinajstić information content (AvgIpc) is 2.23. The van der Waals surface area contributed by atoms with Gasteiger partial charge < -0.3 is 9.84 Å². The topological polar surface area (TPSA) is 29.5 Å². The van der Waals surface area contributed by atoms with Gasteiger partial charge in [0.25, 0.3) is 0 Å². The minimum Gasteiger partial charge on any atom is -0.496 e. The van der Waals surface area contributed by atoms with Crippen LogP contribution in [-0.2, 0) is 11.8 Å². The molecule has 2 heteroatoms. The predicted molar refractivity (Wildman–Crippen MR) is 60.3 cm³/mol. The quantitative estimate of drug-likeness (QED) is 0.764. The van der Waals surface area contributed by atoms with Crippen LogP contribution in [0.2, 0.25) is 0 Å². The molecule has 1 aliphatic rings. The Hall–Kier alpha value is -1.02. The van der Waals surface area contributed by atoms with E-state index >= 15 is 0 Å². The van der Waals surface area contributed by atoms with Crippen molar-refractivity contribution in [3.8, 4) is 5.75 Å². The van der Waals surface area contributed by atoms with Crippen LogP contribution in [-0.4, -0.2) is 18.3 Å². The number of rotatable bonds is 1. The highest BCUT2D eigenvalue weighted by Gasteiger charge is 2.36. The zero-order valence-corrected chi connectivity index (χ0v) is 9.58. The van der Waals surface area contributed by atoms with Crippen LogP contribution in [0.3, 0.4) is 0 Å². The smallest absolute Gasteiger partial charge is 0.122 e. The summed E-state index contributed by atoms with van der Waals surface area (Å²) in [6, 6.07) is 6.09. The molecule has 0 unspecified atom stereocenters. The fourth-order valence-corrected chi connectivity index (χ4v) is 2.44. The summed E-state index contributed by atoms with van der Waals surface area (Å²) in [5.74, 6) is 0.951. The minimum absolute atomic E-state index is 0.165. The molecular weight excluding hydrogens is 188 g/mol. The van der Waals surface area contributed by atoms with E-state index in [1.165, 1.54) is 11.1 Å². The van der Waals surface area contributed by atoms with Crippen LogP contribution in [0.1, 0.15) is 31.4 Å². The fraction of sp³-hybridized carbons (Fsp3) is 0.538. The molecule has 1 aromatic carbocycles. The third-order valence-electron chi connectivity index (χ3n) is 3.55. The van der Waals surface area contributed by atoms with Crippen molar-refractivity contribution in [1.82, 2.24) is 0 Å². The maximum Gasteiger partial charge on any atom is 0.122 e. The Morgan fingerprint density at radius 1 is 1.40 bits per heavy atom. The molecule has 15 heavy (non-hydrogen) atoms. The summed E-state index contributed by atoms with van der Waals surface area (Å²) in [4.78, 5) is 0. The molecule has 0 saturated carbocycles. The first-order valence-corrected chi connectivity index (χ1v) is 5.42. The van der Waals surface area contributed by atoms with Crippen LogP contribution < -0.4 is 4.74 Å². The number of hydrogen-bond acceptors (Lipinski definition) is 2. The number of aliphatic hydroxyl groups is 1. The molecule has 0 aromatic heterocycles. The Kier molecular flexibility index (Phi) is 2.47. The molecule has 0 aliphatic heterocycles. The highest BCUT2D eigenvalue weighted by molar-refractivity contribution is 5.46. The summed E-state index contributed by atoms with van der Waals surface area (Å²) in [5.41, 5.74) is 2.32. The molecule has 0 fully saturated rings. The molecule has 82 valence electrons. The van der Waals surface area contributed by atoms with Gasteiger partial charge in [-0.05, 0) is 30.0 Å². The third-order valence-corrected chi connectivity index (χ3v) is 3.55. The van der Waals surface area contributed by atoms with E-state index in [-0.39, 0.29) is 11.5 Å². The van der Waals surface area contributed by atoms with E-state index in [0.29, 0.717) is 0 Å². The second-order valence-electron chi connectivity index (χ2n) is 4.76. The number of benzene rings is 1. The van der Waals surface area contributed by atoms with E-state index in [0.717, 1.165) is 18.6 Å². The standard InChI is InChI=1S/C13H18O2/c1-13(2)10-5-4-6-11(15-3)9(10)7-8-12(13)14/h4-6,12,14H,7-8H2,1-3H3/t12-/m0/s1. The highest BCUT2D eigenvalue weighted by Crippen LogP contribution is 2.40. The Labute approximate surface area is 90.9 Å². The third kappa shape index (κ3) is 1.53. The normalized spacial score (nSPS) is 23.3. The monoisotopic (exact) mass is 206 g/mol.